The van der Waals surface area contributed by atoms with Crippen molar-refractivity contribution >= 4 is 0 Å². The molecule has 0 fully saturated rings. The Balaban J connectivity index is 2.13. The molecule has 0 saturated heterocycles. The number of hydrogen-bond acceptors (Lipinski definition) is 4. The molecule has 0 spiro atoms. The number of nitrogens with zero attached hydrogens (tertiary/aromatic N) is 3. The van der Waals surface area contributed by atoms with Crippen molar-refractivity contribution < 1.29 is 4.42 Å². The molecule has 15 heavy (non-hydrogen) atoms. The largest absolute Gasteiger partial charge is 0.468 e. The average Bonchev–Trinajstić information content (AvgIpc) is 2.86. The molecule has 0 aliphatic heterocycles. The number of hydrogen-bond donors (Lipinski definition) is 1. The lowest BCUT2D eigenvalue weighted by atomic mass is 10.1. The van der Waals surface area contributed by atoms with Gasteiger partial charge in [-0.2, -0.15) is 5.10 Å². The minimum Gasteiger partial charge on any atom is -0.468 e. The molecular weight excluding hydrogens is 192 g/mol. The van der Waals surface area contributed by atoms with Gasteiger partial charge < -0.3 is 9.73 Å². The Labute approximate surface area is 88.1 Å². The van der Waals surface area contributed by atoms with Gasteiger partial charge in [-0.3, -0.25) is 4.68 Å². The van der Waals surface area contributed by atoms with Crippen LogP contribution in [0.5, 0.6) is 0 Å². The van der Waals surface area contributed by atoms with Crippen molar-refractivity contribution in [3.63, 3.8) is 0 Å². The summed E-state index contributed by atoms with van der Waals surface area (Å²) in [5.74, 6) is 1.85. The molecule has 1 N–H and O–H groups in total. The monoisotopic (exact) mass is 206 g/mol. The van der Waals surface area contributed by atoms with Gasteiger partial charge in [0.1, 0.15) is 17.9 Å². The average molecular weight is 206 g/mol. The fourth-order valence-electron chi connectivity index (χ4n) is 1.52. The standard InChI is InChI=1S/C10H14N4O/c1-11-8(9-4-3-5-15-9)6-10-12-7-13-14(10)2/h3-5,7-8,11H,6H2,1-2H3. The van der Waals surface area contributed by atoms with E-state index >= 15 is 0 Å². The molecular formula is C10H14N4O. The van der Waals surface area contributed by atoms with Crippen LogP contribution in [0.1, 0.15) is 17.6 Å². The van der Waals surface area contributed by atoms with Crippen LogP contribution in [0.3, 0.4) is 0 Å². The molecule has 2 aromatic rings. The first-order chi connectivity index (χ1) is 7.31. The van der Waals surface area contributed by atoms with Gasteiger partial charge in [0.2, 0.25) is 0 Å². The molecule has 0 amide bonds. The van der Waals surface area contributed by atoms with Gasteiger partial charge >= 0.3 is 0 Å². The summed E-state index contributed by atoms with van der Waals surface area (Å²) in [6, 6.07) is 3.98. The summed E-state index contributed by atoms with van der Waals surface area (Å²) in [4.78, 5) is 4.18. The molecule has 2 aromatic heterocycles. The van der Waals surface area contributed by atoms with E-state index in [1.807, 2.05) is 26.2 Å². The summed E-state index contributed by atoms with van der Waals surface area (Å²) in [7, 11) is 3.79. The molecule has 0 saturated carbocycles. The molecule has 1 atom stereocenters. The zero-order chi connectivity index (χ0) is 10.7. The third-order valence-electron chi connectivity index (χ3n) is 2.43. The Kier molecular flexibility index (Phi) is 2.82. The number of likely N-dealkylation sites (N-methyl/N-ethyl adjacent to an activating group) is 1. The van der Waals surface area contributed by atoms with E-state index in [9.17, 15) is 0 Å². The van der Waals surface area contributed by atoms with Gasteiger partial charge in [-0.05, 0) is 19.2 Å². The van der Waals surface area contributed by atoms with Gasteiger partial charge in [-0.25, -0.2) is 4.98 Å². The smallest absolute Gasteiger partial charge is 0.138 e. The highest BCUT2D eigenvalue weighted by Gasteiger charge is 2.15. The summed E-state index contributed by atoms with van der Waals surface area (Å²) in [6.07, 6.45) is 4.00. The maximum absolute atomic E-state index is 5.36. The van der Waals surface area contributed by atoms with Crippen LogP contribution in [0.4, 0.5) is 0 Å². The van der Waals surface area contributed by atoms with Gasteiger partial charge in [0.15, 0.2) is 0 Å². The van der Waals surface area contributed by atoms with Crippen LogP contribution in [-0.2, 0) is 13.5 Å². The lowest BCUT2D eigenvalue weighted by molar-refractivity contribution is 0.421. The molecule has 2 rings (SSSR count). The van der Waals surface area contributed by atoms with Crippen LogP contribution in [0.2, 0.25) is 0 Å². The van der Waals surface area contributed by atoms with E-state index in [0.29, 0.717) is 0 Å². The van der Waals surface area contributed by atoms with Crippen LogP contribution in [0.25, 0.3) is 0 Å². The highest BCUT2D eigenvalue weighted by atomic mass is 16.3. The van der Waals surface area contributed by atoms with E-state index in [1.165, 1.54) is 0 Å². The predicted molar refractivity (Wildman–Crippen MR) is 55.2 cm³/mol. The Morgan fingerprint density at radius 3 is 3.00 bits per heavy atom. The van der Waals surface area contributed by atoms with E-state index in [0.717, 1.165) is 18.0 Å². The summed E-state index contributed by atoms with van der Waals surface area (Å²) in [6.45, 7) is 0. The third-order valence-corrected chi connectivity index (χ3v) is 2.43. The van der Waals surface area contributed by atoms with Gasteiger partial charge in [-0.1, -0.05) is 0 Å². The van der Waals surface area contributed by atoms with Crippen LogP contribution < -0.4 is 5.32 Å². The number of nitrogens with one attached hydrogen (secondary N) is 1. The Bertz CT molecular complexity index is 407. The molecule has 0 radical (unpaired) electrons. The minimum absolute atomic E-state index is 0.142. The molecule has 0 bridgehead atoms. The lowest BCUT2D eigenvalue weighted by Crippen LogP contribution is -2.20. The summed E-state index contributed by atoms with van der Waals surface area (Å²) < 4.78 is 7.13. The first kappa shape index (κ1) is 9.92. The molecule has 0 aliphatic carbocycles. The topological polar surface area (TPSA) is 55.9 Å². The van der Waals surface area contributed by atoms with Crippen molar-refractivity contribution in [2.75, 3.05) is 7.05 Å². The normalized spacial score (nSPS) is 12.9. The predicted octanol–water partition coefficient (Wildman–Crippen LogP) is 0.911. The van der Waals surface area contributed by atoms with E-state index in [1.54, 1.807) is 17.3 Å². The van der Waals surface area contributed by atoms with Crippen molar-refractivity contribution in [3.8, 4) is 0 Å². The van der Waals surface area contributed by atoms with Crippen molar-refractivity contribution in [2.45, 2.75) is 12.5 Å². The zero-order valence-corrected chi connectivity index (χ0v) is 8.84. The second-order valence-electron chi connectivity index (χ2n) is 3.36. The summed E-state index contributed by atoms with van der Waals surface area (Å²) in [5, 5.41) is 7.23. The highest BCUT2D eigenvalue weighted by molar-refractivity contribution is 5.07. The summed E-state index contributed by atoms with van der Waals surface area (Å²) in [5.41, 5.74) is 0. The van der Waals surface area contributed by atoms with Crippen molar-refractivity contribution in [3.05, 3.63) is 36.3 Å². The number of aromatic nitrogens is 3. The summed E-state index contributed by atoms with van der Waals surface area (Å²) >= 11 is 0. The minimum atomic E-state index is 0.142. The lowest BCUT2D eigenvalue weighted by Gasteiger charge is -2.12. The van der Waals surface area contributed by atoms with Gasteiger partial charge in [0.25, 0.3) is 0 Å². The van der Waals surface area contributed by atoms with E-state index < -0.39 is 0 Å². The quantitative estimate of drug-likeness (QED) is 0.808. The number of furan rings is 1. The maximum Gasteiger partial charge on any atom is 0.138 e. The van der Waals surface area contributed by atoms with E-state index in [-0.39, 0.29) is 6.04 Å². The second kappa shape index (κ2) is 4.27. The number of rotatable bonds is 4. The molecule has 1 unspecified atom stereocenters. The molecule has 0 aromatic carbocycles. The number of aryl methyl sites for hydroxylation is 1. The first-order valence-electron chi connectivity index (χ1n) is 4.85. The van der Waals surface area contributed by atoms with Gasteiger partial charge in [-0.15, -0.1) is 0 Å². The van der Waals surface area contributed by atoms with Crippen LogP contribution in [0, 0.1) is 0 Å². The Morgan fingerprint density at radius 2 is 2.47 bits per heavy atom. The zero-order valence-electron chi connectivity index (χ0n) is 8.84. The highest BCUT2D eigenvalue weighted by Crippen LogP contribution is 2.16. The van der Waals surface area contributed by atoms with Crippen molar-refractivity contribution in [2.24, 2.45) is 7.05 Å². The second-order valence-corrected chi connectivity index (χ2v) is 3.36. The van der Waals surface area contributed by atoms with Crippen LogP contribution in [0.15, 0.2) is 29.1 Å². The first-order valence-corrected chi connectivity index (χ1v) is 4.85. The molecule has 5 nitrogen and oxygen atoms in total. The fourth-order valence-corrected chi connectivity index (χ4v) is 1.52. The van der Waals surface area contributed by atoms with Crippen molar-refractivity contribution in [1.82, 2.24) is 20.1 Å². The third kappa shape index (κ3) is 2.07. The molecule has 2 heterocycles. The maximum atomic E-state index is 5.36. The Morgan fingerprint density at radius 1 is 1.60 bits per heavy atom. The molecule has 80 valence electrons. The van der Waals surface area contributed by atoms with Crippen LogP contribution in [-0.4, -0.2) is 21.8 Å². The Hall–Kier alpha value is -1.62. The van der Waals surface area contributed by atoms with Crippen molar-refractivity contribution in [1.29, 1.82) is 0 Å². The van der Waals surface area contributed by atoms with Gasteiger partial charge in [0, 0.05) is 13.5 Å². The van der Waals surface area contributed by atoms with E-state index in [4.69, 9.17) is 4.42 Å². The fraction of sp³-hybridized carbons (Fsp3) is 0.400. The van der Waals surface area contributed by atoms with Crippen LogP contribution >= 0.6 is 0 Å². The molecule has 5 heteroatoms. The van der Waals surface area contributed by atoms with E-state index in [2.05, 4.69) is 15.4 Å². The SMILES string of the molecule is CNC(Cc1ncnn1C)c1ccco1. The molecule has 0 aliphatic rings. The van der Waals surface area contributed by atoms with Gasteiger partial charge in [0.05, 0.1) is 12.3 Å².